The minimum atomic E-state index is -0.480. The Kier molecular flexibility index (Phi) is 4.86. The Balaban J connectivity index is 2.22. The first kappa shape index (κ1) is 16.5. The quantitative estimate of drug-likeness (QED) is 0.885. The predicted octanol–water partition coefficient (Wildman–Crippen LogP) is 1.37. The highest BCUT2D eigenvalue weighted by Gasteiger charge is 2.38. The van der Waals surface area contributed by atoms with Crippen LogP contribution in [-0.4, -0.2) is 41.4 Å². The van der Waals surface area contributed by atoms with Gasteiger partial charge in [0.05, 0.1) is 0 Å². The summed E-state index contributed by atoms with van der Waals surface area (Å²) in [5.74, 6) is -0.250. The fourth-order valence-corrected chi connectivity index (χ4v) is 2.76. The number of nitrogens with one attached hydrogen (secondary N) is 1. The van der Waals surface area contributed by atoms with Crippen molar-refractivity contribution < 1.29 is 9.59 Å². The van der Waals surface area contributed by atoms with E-state index >= 15 is 0 Å². The Morgan fingerprint density at radius 1 is 1.27 bits per heavy atom. The molecule has 2 rings (SSSR count). The normalized spacial score (nSPS) is 21.3. The van der Waals surface area contributed by atoms with Gasteiger partial charge in [0, 0.05) is 24.2 Å². The van der Waals surface area contributed by atoms with Gasteiger partial charge in [0.1, 0.15) is 6.04 Å². The molecular weight excluding hydrogens is 278 g/mol. The Hall–Kier alpha value is -1.88. The third-order valence-electron chi connectivity index (χ3n) is 4.08. The molecule has 5 nitrogen and oxygen atoms in total. The first-order valence-corrected chi connectivity index (χ1v) is 7.73. The van der Waals surface area contributed by atoms with Crippen LogP contribution in [0, 0.1) is 13.8 Å². The third-order valence-corrected chi connectivity index (χ3v) is 4.08. The minimum Gasteiger partial charge on any atom is -0.352 e. The van der Waals surface area contributed by atoms with Crippen LogP contribution < -0.4 is 11.1 Å². The molecule has 0 unspecified atom stereocenters. The monoisotopic (exact) mass is 303 g/mol. The zero-order valence-corrected chi connectivity index (χ0v) is 13.7. The lowest BCUT2D eigenvalue weighted by Gasteiger charge is -2.25. The topological polar surface area (TPSA) is 75.4 Å². The zero-order chi connectivity index (χ0) is 16.4. The Labute approximate surface area is 131 Å². The third kappa shape index (κ3) is 3.47. The van der Waals surface area contributed by atoms with Crippen LogP contribution in [-0.2, 0) is 4.79 Å². The van der Waals surface area contributed by atoms with E-state index in [1.165, 1.54) is 0 Å². The Bertz CT molecular complexity index is 583. The van der Waals surface area contributed by atoms with Crippen molar-refractivity contribution in [3.05, 3.63) is 34.9 Å². The van der Waals surface area contributed by atoms with Crippen molar-refractivity contribution in [2.45, 2.75) is 52.2 Å². The fourth-order valence-electron chi connectivity index (χ4n) is 2.76. The second-order valence-electron chi connectivity index (χ2n) is 6.43. The molecule has 1 fully saturated rings. The van der Waals surface area contributed by atoms with Gasteiger partial charge in [0.2, 0.25) is 5.91 Å². The van der Waals surface area contributed by atoms with Gasteiger partial charge in [0.15, 0.2) is 0 Å². The summed E-state index contributed by atoms with van der Waals surface area (Å²) in [4.78, 5) is 26.7. The van der Waals surface area contributed by atoms with Crippen molar-refractivity contribution in [3.8, 4) is 0 Å². The van der Waals surface area contributed by atoms with Crippen LogP contribution in [0.3, 0.4) is 0 Å². The number of nitrogens with zero attached hydrogens (tertiary/aromatic N) is 1. The number of hydrogen-bond donors (Lipinski definition) is 2. The van der Waals surface area contributed by atoms with Gasteiger partial charge < -0.3 is 16.0 Å². The number of carbonyl (C=O) groups excluding carboxylic acids is 2. The van der Waals surface area contributed by atoms with Crippen LogP contribution in [0.5, 0.6) is 0 Å². The molecule has 0 bridgehead atoms. The molecule has 1 aromatic carbocycles. The lowest BCUT2D eigenvalue weighted by molar-refractivity contribution is -0.125. The van der Waals surface area contributed by atoms with E-state index in [0.717, 1.165) is 11.1 Å². The summed E-state index contributed by atoms with van der Waals surface area (Å²) in [7, 11) is 0. The number of nitrogens with two attached hydrogens (primary N) is 1. The lowest BCUT2D eigenvalue weighted by Crippen LogP contribution is -2.47. The largest absolute Gasteiger partial charge is 0.352 e. The number of hydrogen-bond acceptors (Lipinski definition) is 3. The van der Waals surface area contributed by atoms with Crippen LogP contribution in [0.25, 0.3) is 0 Å². The maximum Gasteiger partial charge on any atom is 0.254 e. The molecule has 1 aliphatic rings. The van der Waals surface area contributed by atoms with Crippen LogP contribution in [0.15, 0.2) is 18.2 Å². The number of likely N-dealkylation sites (tertiary alicyclic amines) is 1. The van der Waals surface area contributed by atoms with Crippen molar-refractivity contribution in [1.82, 2.24) is 10.2 Å². The highest BCUT2D eigenvalue weighted by molar-refractivity contribution is 5.98. The predicted molar refractivity (Wildman–Crippen MR) is 86.6 cm³/mol. The maximum absolute atomic E-state index is 12.7. The van der Waals surface area contributed by atoms with Gasteiger partial charge in [-0.05, 0) is 57.4 Å². The SMILES string of the molecule is Cc1ccc(C(=O)N2C[C@H](N)C[C@H]2C(=O)NC(C)C)cc1C. The molecule has 1 heterocycles. The molecule has 5 heteroatoms. The van der Waals surface area contributed by atoms with Crippen molar-refractivity contribution in [2.75, 3.05) is 6.54 Å². The van der Waals surface area contributed by atoms with Crippen LogP contribution >= 0.6 is 0 Å². The van der Waals surface area contributed by atoms with E-state index in [1.807, 2.05) is 45.9 Å². The standard InChI is InChI=1S/C17H25N3O2/c1-10(2)19-16(21)15-8-14(18)9-20(15)17(22)13-6-5-11(3)12(4)7-13/h5-7,10,14-15H,8-9,18H2,1-4H3,(H,19,21)/t14-,15+/m1/s1. The van der Waals surface area contributed by atoms with E-state index < -0.39 is 6.04 Å². The number of rotatable bonds is 3. The van der Waals surface area contributed by atoms with Gasteiger partial charge in [-0.1, -0.05) is 6.07 Å². The molecule has 0 saturated carbocycles. The van der Waals surface area contributed by atoms with Gasteiger partial charge >= 0.3 is 0 Å². The van der Waals surface area contributed by atoms with Gasteiger partial charge in [-0.25, -0.2) is 0 Å². The molecule has 1 aliphatic heterocycles. The first-order chi connectivity index (χ1) is 10.3. The molecule has 1 saturated heterocycles. The average molecular weight is 303 g/mol. The van der Waals surface area contributed by atoms with Gasteiger partial charge in [-0.2, -0.15) is 0 Å². The van der Waals surface area contributed by atoms with Gasteiger partial charge in [0.25, 0.3) is 5.91 Å². The van der Waals surface area contributed by atoms with Gasteiger partial charge in [-0.15, -0.1) is 0 Å². The summed E-state index contributed by atoms with van der Waals surface area (Å²) in [6, 6.07) is 5.03. The van der Waals surface area contributed by atoms with E-state index in [0.29, 0.717) is 18.5 Å². The van der Waals surface area contributed by atoms with Crippen molar-refractivity contribution in [1.29, 1.82) is 0 Å². The molecule has 3 N–H and O–H groups in total. The Morgan fingerprint density at radius 3 is 2.55 bits per heavy atom. The zero-order valence-electron chi connectivity index (χ0n) is 13.7. The second kappa shape index (κ2) is 6.48. The van der Waals surface area contributed by atoms with Crippen molar-refractivity contribution in [3.63, 3.8) is 0 Å². The molecule has 0 aliphatic carbocycles. The molecule has 22 heavy (non-hydrogen) atoms. The number of benzene rings is 1. The smallest absolute Gasteiger partial charge is 0.254 e. The highest BCUT2D eigenvalue weighted by atomic mass is 16.2. The molecule has 120 valence electrons. The molecular formula is C17H25N3O2. The minimum absolute atomic E-state index is 0.0443. The fraction of sp³-hybridized carbons (Fsp3) is 0.529. The molecule has 0 aromatic heterocycles. The van der Waals surface area contributed by atoms with E-state index in [4.69, 9.17) is 5.73 Å². The summed E-state index contributed by atoms with van der Waals surface area (Å²) in [5.41, 5.74) is 8.80. The lowest BCUT2D eigenvalue weighted by atomic mass is 10.1. The average Bonchev–Trinajstić information content (AvgIpc) is 2.82. The summed E-state index contributed by atoms with van der Waals surface area (Å²) in [6.45, 7) is 8.21. The van der Waals surface area contributed by atoms with Crippen LogP contribution in [0.2, 0.25) is 0 Å². The van der Waals surface area contributed by atoms with Crippen LogP contribution in [0.1, 0.15) is 41.8 Å². The summed E-state index contributed by atoms with van der Waals surface area (Å²) in [6.07, 6.45) is 0.509. The summed E-state index contributed by atoms with van der Waals surface area (Å²) >= 11 is 0. The van der Waals surface area contributed by atoms with Crippen LogP contribution in [0.4, 0.5) is 0 Å². The first-order valence-electron chi connectivity index (χ1n) is 7.73. The summed E-state index contributed by atoms with van der Waals surface area (Å²) < 4.78 is 0. The van der Waals surface area contributed by atoms with Crippen molar-refractivity contribution in [2.24, 2.45) is 5.73 Å². The molecule has 2 amide bonds. The molecule has 0 spiro atoms. The number of aryl methyl sites for hydroxylation is 2. The van der Waals surface area contributed by atoms with Crippen molar-refractivity contribution >= 4 is 11.8 Å². The summed E-state index contributed by atoms with van der Waals surface area (Å²) in [5, 5.41) is 2.87. The second-order valence-corrected chi connectivity index (χ2v) is 6.43. The maximum atomic E-state index is 12.7. The van der Waals surface area contributed by atoms with E-state index in [2.05, 4.69) is 5.32 Å². The molecule has 1 aromatic rings. The highest BCUT2D eigenvalue weighted by Crippen LogP contribution is 2.21. The number of amides is 2. The number of carbonyl (C=O) groups is 2. The van der Waals surface area contributed by atoms with E-state index in [-0.39, 0.29) is 23.9 Å². The molecule has 0 radical (unpaired) electrons. The molecule has 2 atom stereocenters. The van der Waals surface area contributed by atoms with E-state index in [1.54, 1.807) is 4.90 Å². The van der Waals surface area contributed by atoms with Gasteiger partial charge in [-0.3, -0.25) is 9.59 Å². The van der Waals surface area contributed by atoms with E-state index in [9.17, 15) is 9.59 Å². The Morgan fingerprint density at radius 2 is 1.95 bits per heavy atom.